The highest BCUT2D eigenvalue weighted by molar-refractivity contribution is 14.0. The van der Waals surface area contributed by atoms with Crippen LogP contribution in [0.5, 0.6) is 0 Å². The molecule has 0 radical (unpaired) electrons. The maximum atomic E-state index is 11.0. The van der Waals surface area contributed by atoms with Gasteiger partial charge >= 0.3 is 0 Å². The second-order valence-corrected chi connectivity index (χ2v) is 7.21. The molecule has 0 aromatic rings. The van der Waals surface area contributed by atoms with Crippen LogP contribution >= 0.6 is 24.0 Å². The van der Waals surface area contributed by atoms with Gasteiger partial charge < -0.3 is 10.6 Å². The number of nitrogens with zero attached hydrogens (tertiary/aromatic N) is 1. The molecule has 0 aromatic heterocycles. The van der Waals surface area contributed by atoms with Crippen LogP contribution in [0.2, 0.25) is 0 Å². The first-order valence-electron chi connectivity index (χ1n) is 6.47. The Morgan fingerprint density at radius 3 is 2.21 bits per heavy atom. The van der Waals surface area contributed by atoms with Crippen LogP contribution in [0.15, 0.2) is 4.99 Å². The lowest BCUT2D eigenvalue weighted by molar-refractivity contribution is 0.534. The van der Waals surface area contributed by atoms with Crippen molar-refractivity contribution in [2.45, 2.75) is 33.1 Å². The van der Waals surface area contributed by atoms with Gasteiger partial charge in [-0.1, -0.05) is 26.7 Å². The van der Waals surface area contributed by atoms with E-state index in [4.69, 9.17) is 0 Å². The average Bonchev–Trinajstić information content (AvgIpc) is 2.24. The molecule has 0 spiro atoms. The van der Waals surface area contributed by atoms with Crippen LogP contribution in [0, 0.1) is 5.92 Å². The molecule has 0 saturated carbocycles. The second kappa shape index (κ2) is 11.7. The molecule has 0 aromatic carbocycles. The fourth-order valence-electron chi connectivity index (χ4n) is 1.46. The van der Waals surface area contributed by atoms with Gasteiger partial charge in [-0.15, -0.1) is 24.0 Å². The number of aliphatic imine (C=N–C) groups is 1. The van der Waals surface area contributed by atoms with Crippen molar-refractivity contribution in [3.8, 4) is 0 Å². The van der Waals surface area contributed by atoms with E-state index < -0.39 is 9.84 Å². The molecule has 0 bridgehead atoms. The van der Waals surface area contributed by atoms with E-state index >= 15 is 0 Å². The first-order valence-corrected chi connectivity index (χ1v) is 8.53. The monoisotopic (exact) mass is 405 g/mol. The van der Waals surface area contributed by atoms with Crippen LogP contribution in [-0.4, -0.2) is 46.5 Å². The Labute approximate surface area is 135 Å². The SMILES string of the molecule is CN=C(NCCCCC(C)C)NCCS(C)(=O)=O.I. The topological polar surface area (TPSA) is 70.6 Å². The third kappa shape index (κ3) is 15.9. The lowest BCUT2D eigenvalue weighted by Gasteiger charge is -2.11. The van der Waals surface area contributed by atoms with Crippen LogP contribution in [0.25, 0.3) is 0 Å². The van der Waals surface area contributed by atoms with E-state index in [1.807, 2.05) is 0 Å². The van der Waals surface area contributed by atoms with Crippen LogP contribution in [0.1, 0.15) is 33.1 Å². The summed E-state index contributed by atoms with van der Waals surface area (Å²) in [6.07, 6.45) is 4.77. The van der Waals surface area contributed by atoms with E-state index in [0.717, 1.165) is 18.9 Å². The first kappa shape index (κ1) is 21.3. The zero-order valence-electron chi connectivity index (χ0n) is 12.4. The lowest BCUT2D eigenvalue weighted by Crippen LogP contribution is -2.39. The summed E-state index contributed by atoms with van der Waals surface area (Å²) in [5, 5.41) is 6.16. The van der Waals surface area contributed by atoms with Crippen molar-refractivity contribution in [1.82, 2.24) is 10.6 Å². The van der Waals surface area contributed by atoms with Gasteiger partial charge in [0.25, 0.3) is 0 Å². The predicted molar refractivity (Wildman–Crippen MR) is 93.2 cm³/mol. The van der Waals surface area contributed by atoms with Gasteiger partial charge in [0.15, 0.2) is 5.96 Å². The number of rotatable bonds is 8. The van der Waals surface area contributed by atoms with Crippen LogP contribution in [0.3, 0.4) is 0 Å². The van der Waals surface area contributed by atoms with Crippen LogP contribution < -0.4 is 10.6 Å². The summed E-state index contributed by atoms with van der Waals surface area (Å²) in [7, 11) is -1.23. The molecular formula is C12H28IN3O2S. The molecule has 19 heavy (non-hydrogen) atoms. The van der Waals surface area contributed by atoms with Crippen molar-refractivity contribution in [2.75, 3.05) is 32.1 Å². The molecule has 0 aliphatic rings. The predicted octanol–water partition coefficient (Wildman–Crippen LogP) is 1.64. The Kier molecular flexibility index (Phi) is 13.1. The molecule has 0 fully saturated rings. The Morgan fingerprint density at radius 2 is 1.74 bits per heavy atom. The number of sulfone groups is 1. The van der Waals surface area contributed by atoms with Crippen molar-refractivity contribution in [1.29, 1.82) is 0 Å². The van der Waals surface area contributed by atoms with E-state index in [-0.39, 0.29) is 29.7 Å². The van der Waals surface area contributed by atoms with E-state index in [0.29, 0.717) is 12.5 Å². The second-order valence-electron chi connectivity index (χ2n) is 4.95. The number of halogens is 1. The van der Waals surface area contributed by atoms with E-state index in [1.165, 1.54) is 19.1 Å². The first-order chi connectivity index (χ1) is 8.35. The molecule has 0 aliphatic heterocycles. The summed E-state index contributed by atoms with van der Waals surface area (Å²) >= 11 is 0. The van der Waals surface area contributed by atoms with E-state index in [2.05, 4.69) is 29.5 Å². The number of hydrogen-bond acceptors (Lipinski definition) is 3. The molecule has 0 unspecified atom stereocenters. The summed E-state index contributed by atoms with van der Waals surface area (Å²) in [6, 6.07) is 0. The number of nitrogens with one attached hydrogen (secondary N) is 2. The van der Waals surface area contributed by atoms with Gasteiger partial charge in [-0.25, -0.2) is 8.42 Å². The van der Waals surface area contributed by atoms with Gasteiger partial charge in [0, 0.05) is 26.4 Å². The molecule has 116 valence electrons. The normalized spacial score (nSPS) is 12.2. The Hall–Kier alpha value is -0.0500. The maximum Gasteiger partial charge on any atom is 0.191 e. The maximum absolute atomic E-state index is 11.0. The van der Waals surface area contributed by atoms with Crippen molar-refractivity contribution in [3.63, 3.8) is 0 Å². The molecule has 0 amide bonds. The van der Waals surface area contributed by atoms with Gasteiger partial charge in [-0.2, -0.15) is 0 Å². The van der Waals surface area contributed by atoms with Crippen molar-refractivity contribution in [2.24, 2.45) is 10.9 Å². The molecule has 0 heterocycles. The lowest BCUT2D eigenvalue weighted by atomic mass is 10.1. The van der Waals surface area contributed by atoms with E-state index in [1.54, 1.807) is 7.05 Å². The molecule has 0 rings (SSSR count). The minimum Gasteiger partial charge on any atom is -0.356 e. The highest BCUT2D eigenvalue weighted by Crippen LogP contribution is 2.04. The summed E-state index contributed by atoms with van der Waals surface area (Å²) in [5.41, 5.74) is 0. The van der Waals surface area contributed by atoms with Gasteiger partial charge in [0.1, 0.15) is 9.84 Å². The highest BCUT2D eigenvalue weighted by Gasteiger charge is 2.02. The Bertz CT molecular complexity index is 343. The molecular weight excluding hydrogens is 377 g/mol. The fourth-order valence-corrected chi connectivity index (χ4v) is 1.93. The number of unbranched alkanes of at least 4 members (excludes halogenated alkanes) is 1. The largest absolute Gasteiger partial charge is 0.356 e. The molecule has 2 N–H and O–H groups in total. The third-order valence-corrected chi connectivity index (χ3v) is 3.44. The molecule has 7 heteroatoms. The Morgan fingerprint density at radius 1 is 1.16 bits per heavy atom. The van der Waals surface area contributed by atoms with Crippen molar-refractivity contribution < 1.29 is 8.42 Å². The fraction of sp³-hybridized carbons (Fsp3) is 0.917. The van der Waals surface area contributed by atoms with E-state index in [9.17, 15) is 8.42 Å². The summed E-state index contributed by atoms with van der Waals surface area (Å²) in [4.78, 5) is 4.04. The third-order valence-electron chi connectivity index (χ3n) is 2.49. The molecule has 0 atom stereocenters. The van der Waals surface area contributed by atoms with Crippen LogP contribution in [0.4, 0.5) is 0 Å². The zero-order valence-corrected chi connectivity index (χ0v) is 15.5. The van der Waals surface area contributed by atoms with Gasteiger partial charge in [-0.3, -0.25) is 4.99 Å². The summed E-state index contributed by atoms with van der Waals surface area (Å²) < 4.78 is 21.9. The van der Waals surface area contributed by atoms with Crippen molar-refractivity contribution in [3.05, 3.63) is 0 Å². The van der Waals surface area contributed by atoms with Crippen LogP contribution in [-0.2, 0) is 9.84 Å². The smallest absolute Gasteiger partial charge is 0.191 e. The quantitative estimate of drug-likeness (QED) is 0.279. The molecule has 5 nitrogen and oxygen atoms in total. The molecule has 0 saturated heterocycles. The minimum absolute atomic E-state index is 0. The summed E-state index contributed by atoms with van der Waals surface area (Å²) in [5.74, 6) is 1.54. The Balaban J connectivity index is 0. The molecule has 0 aliphatic carbocycles. The highest BCUT2D eigenvalue weighted by atomic mass is 127. The number of hydrogen-bond donors (Lipinski definition) is 2. The van der Waals surface area contributed by atoms with Gasteiger partial charge in [-0.05, 0) is 12.3 Å². The van der Waals surface area contributed by atoms with Crippen molar-refractivity contribution >= 4 is 39.8 Å². The van der Waals surface area contributed by atoms with Gasteiger partial charge in [0.05, 0.1) is 5.75 Å². The number of guanidine groups is 1. The summed E-state index contributed by atoms with van der Waals surface area (Å²) in [6.45, 7) is 5.70. The standard InChI is InChI=1S/C12H27N3O2S.HI/c1-11(2)7-5-6-8-14-12(13-3)15-9-10-18(4,16)17;/h11H,5-10H2,1-4H3,(H2,13,14,15);1H. The zero-order chi connectivity index (χ0) is 14.0. The van der Waals surface area contributed by atoms with Gasteiger partial charge in [0.2, 0.25) is 0 Å². The average molecular weight is 405 g/mol. The minimum atomic E-state index is -2.91.